The Labute approximate surface area is 230 Å². The molecule has 1 aromatic carbocycles. The number of ether oxygens (including phenoxy) is 1. The summed E-state index contributed by atoms with van der Waals surface area (Å²) in [6.07, 6.45) is -0.113. The zero-order chi connectivity index (χ0) is 28.9. The Hall–Kier alpha value is -4.14. The van der Waals surface area contributed by atoms with Crippen LogP contribution < -0.4 is 5.32 Å². The van der Waals surface area contributed by atoms with Gasteiger partial charge in [-0.05, 0) is 49.8 Å². The van der Waals surface area contributed by atoms with Crippen molar-refractivity contribution in [1.82, 2.24) is 10.2 Å². The molecule has 2 amide bonds. The zero-order valence-electron chi connectivity index (χ0n) is 22.2. The summed E-state index contributed by atoms with van der Waals surface area (Å²) in [4.78, 5) is 52.8. The number of Topliss-reactive ketones (excluding diaryl/α,β-unsaturated/α-hetero) is 3. The number of ketones is 3. The number of aliphatic hydroxyl groups is 3. The number of hydrogen-bond donors (Lipinski definition) is 5. The number of fused-ring (bicyclic) bond motifs is 3. The number of carbonyl (C=O) groups excluding carboxylic acids is 4. The lowest BCUT2D eigenvalue weighted by Gasteiger charge is -2.46. The maximum atomic E-state index is 13.8. The molecule has 11 nitrogen and oxygen atoms in total. The highest BCUT2D eigenvalue weighted by Gasteiger charge is 2.60. The van der Waals surface area contributed by atoms with Crippen LogP contribution in [0.15, 0.2) is 23.0 Å². The van der Waals surface area contributed by atoms with Crippen LogP contribution >= 0.6 is 0 Å². The van der Waals surface area contributed by atoms with Gasteiger partial charge in [-0.15, -0.1) is 5.92 Å². The molecule has 210 valence electrons. The van der Waals surface area contributed by atoms with Gasteiger partial charge in [-0.25, -0.2) is 4.79 Å². The number of phenolic OH excluding ortho intramolecular Hbond substituents is 1. The fourth-order valence-electron chi connectivity index (χ4n) is 6.31. The molecular weight excluding hydrogens is 520 g/mol. The summed E-state index contributed by atoms with van der Waals surface area (Å²) >= 11 is 0. The molecule has 0 radical (unpaired) electrons. The van der Waals surface area contributed by atoms with Crippen molar-refractivity contribution in [1.29, 1.82) is 0 Å². The quantitative estimate of drug-likeness (QED) is 0.276. The van der Waals surface area contributed by atoms with Gasteiger partial charge >= 0.3 is 6.03 Å². The first kappa shape index (κ1) is 27.4. The number of nitrogens with one attached hydrogen (secondary N) is 1. The van der Waals surface area contributed by atoms with Gasteiger partial charge in [-0.2, -0.15) is 0 Å². The van der Waals surface area contributed by atoms with Gasteiger partial charge < -0.3 is 35.4 Å². The molecule has 1 heterocycles. The Balaban J connectivity index is 1.59. The second-order valence-corrected chi connectivity index (χ2v) is 10.5. The number of aromatic hydroxyl groups is 1. The van der Waals surface area contributed by atoms with E-state index in [0.717, 1.165) is 6.92 Å². The van der Waals surface area contributed by atoms with Gasteiger partial charge in [0.05, 0.1) is 24.3 Å². The Morgan fingerprint density at radius 3 is 2.52 bits per heavy atom. The average molecular weight is 551 g/mol. The summed E-state index contributed by atoms with van der Waals surface area (Å²) in [5, 5.41) is 47.6. The normalized spacial score (nSPS) is 25.9. The predicted octanol–water partition coefficient (Wildman–Crippen LogP) is 1.44. The summed E-state index contributed by atoms with van der Waals surface area (Å²) < 4.78 is 5.29. The number of nitrogens with zero attached hydrogens (tertiary/aromatic N) is 1. The Bertz CT molecular complexity index is 1470. The van der Waals surface area contributed by atoms with Gasteiger partial charge in [-0.3, -0.25) is 14.4 Å². The number of benzene rings is 1. The zero-order valence-corrected chi connectivity index (χ0v) is 22.2. The van der Waals surface area contributed by atoms with Gasteiger partial charge in [0, 0.05) is 37.5 Å². The van der Waals surface area contributed by atoms with E-state index in [-0.39, 0.29) is 54.3 Å². The molecule has 2 fully saturated rings. The lowest BCUT2D eigenvalue weighted by Crippen LogP contribution is -2.57. The summed E-state index contributed by atoms with van der Waals surface area (Å²) in [5.74, 6) is -0.586. The van der Waals surface area contributed by atoms with E-state index >= 15 is 0 Å². The van der Waals surface area contributed by atoms with E-state index in [0.29, 0.717) is 37.4 Å². The van der Waals surface area contributed by atoms with Gasteiger partial charge in [0.15, 0.2) is 17.2 Å². The van der Waals surface area contributed by atoms with Crippen LogP contribution in [-0.4, -0.2) is 80.6 Å². The fraction of sp³-hybridized carbons (Fsp3) is 0.448. The third-order valence-electron chi connectivity index (χ3n) is 8.25. The highest BCUT2D eigenvalue weighted by atomic mass is 16.5. The minimum absolute atomic E-state index is 0.0420. The number of carbonyl (C=O) groups is 4. The summed E-state index contributed by atoms with van der Waals surface area (Å²) in [6.45, 7) is 4.44. The monoisotopic (exact) mass is 550 g/mol. The lowest BCUT2D eigenvalue weighted by atomic mass is 9.59. The molecule has 3 atom stereocenters. The number of amides is 2. The molecular formula is C29H30N2O9. The molecule has 11 heteroatoms. The maximum Gasteiger partial charge on any atom is 0.317 e. The first-order chi connectivity index (χ1) is 19.0. The summed E-state index contributed by atoms with van der Waals surface area (Å²) in [6, 6.07) is 1.33. The largest absolute Gasteiger partial charge is 0.508 e. The minimum atomic E-state index is -2.56. The maximum absolute atomic E-state index is 13.8. The second kappa shape index (κ2) is 10.1. The van der Waals surface area contributed by atoms with Crippen LogP contribution in [0.5, 0.6) is 5.75 Å². The van der Waals surface area contributed by atoms with Crippen LogP contribution in [-0.2, 0) is 32.1 Å². The summed E-state index contributed by atoms with van der Waals surface area (Å²) in [7, 11) is 0. The van der Waals surface area contributed by atoms with Crippen molar-refractivity contribution in [2.75, 3.05) is 26.3 Å². The number of morpholine rings is 1. The first-order valence-electron chi connectivity index (χ1n) is 13.1. The molecule has 3 aliphatic carbocycles. The highest BCUT2D eigenvalue weighted by Crippen LogP contribution is 2.52. The smallest absolute Gasteiger partial charge is 0.317 e. The van der Waals surface area contributed by atoms with Crippen LogP contribution in [0.4, 0.5) is 4.79 Å². The molecule has 40 heavy (non-hydrogen) atoms. The topological polar surface area (TPSA) is 174 Å². The lowest BCUT2D eigenvalue weighted by molar-refractivity contribution is -0.147. The number of aliphatic hydroxyl groups excluding tert-OH is 2. The van der Waals surface area contributed by atoms with E-state index in [1.165, 1.54) is 0 Å². The van der Waals surface area contributed by atoms with Crippen LogP contribution in [0.2, 0.25) is 0 Å². The standard InChI is InChI=1S/C29H30N2O9/c1-3-4-15-9-17(13-30-28(38)31-5-7-40-8-6-31)19-11-16-10-18-12-20(33)21(14(2)32)26(36)29(18,39)27(37)22(16)25(35)23(19)24(15)34/h9,16,18,34-36,39H,5-8,10-13H2,1-2H3,(H,30,38)/t16-,18+,29-/m1/s1. The SMILES string of the molecule is CC#Cc1cc(CNC(=O)N2CCOCC2)c2c(c1O)C(O)=C1C(=O)[C@]3(O)C(O)=C(C(C)=O)C(=O)C[C@@H]3C[C@@H]1C2. The van der Waals surface area contributed by atoms with E-state index in [2.05, 4.69) is 17.2 Å². The highest BCUT2D eigenvalue weighted by molar-refractivity contribution is 6.23. The van der Waals surface area contributed by atoms with Gasteiger partial charge in [0.25, 0.3) is 0 Å². The molecule has 5 N–H and O–H groups in total. The fourth-order valence-corrected chi connectivity index (χ4v) is 6.31. The third-order valence-corrected chi connectivity index (χ3v) is 8.25. The number of allylic oxidation sites excluding steroid dienone is 1. The Kier molecular flexibility index (Phi) is 6.94. The molecule has 0 unspecified atom stereocenters. The Morgan fingerprint density at radius 1 is 1.18 bits per heavy atom. The van der Waals surface area contributed by atoms with Gasteiger partial charge in [-0.1, -0.05) is 5.92 Å². The minimum Gasteiger partial charge on any atom is -0.508 e. The van der Waals surface area contributed by atoms with Crippen LogP contribution in [0.25, 0.3) is 5.76 Å². The number of phenols is 1. The van der Waals surface area contributed by atoms with E-state index in [4.69, 9.17) is 4.74 Å². The Morgan fingerprint density at radius 2 is 1.88 bits per heavy atom. The molecule has 1 saturated heterocycles. The van der Waals surface area contributed by atoms with E-state index in [1.54, 1.807) is 17.9 Å². The average Bonchev–Trinajstić information content (AvgIpc) is 2.91. The molecule has 1 aromatic rings. The first-order valence-corrected chi connectivity index (χ1v) is 13.1. The molecule has 0 bridgehead atoms. The molecule has 0 spiro atoms. The van der Waals surface area contributed by atoms with Crippen molar-refractivity contribution in [2.24, 2.45) is 11.8 Å². The summed E-state index contributed by atoms with van der Waals surface area (Å²) in [5.41, 5.74) is -2.17. The third kappa shape index (κ3) is 4.15. The van der Waals surface area contributed by atoms with Crippen molar-refractivity contribution in [3.8, 4) is 17.6 Å². The second-order valence-electron chi connectivity index (χ2n) is 10.5. The molecule has 5 rings (SSSR count). The van der Waals surface area contributed by atoms with Crippen molar-refractivity contribution in [3.63, 3.8) is 0 Å². The van der Waals surface area contributed by atoms with E-state index in [9.17, 15) is 39.6 Å². The van der Waals surface area contributed by atoms with Crippen LogP contribution in [0, 0.1) is 23.7 Å². The predicted molar refractivity (Wildman–Crippen MR) is 140 cm³/mol. The van der Waals surface area contributed by atoms with Crippen LogP contribution in [0.3, 0.4) is 0 Å². The van der Waals surface area contributed by atoms with E-state index < -0.39 is 51.9 Å². The molecule has 1 aliphatic heterocycles. The molecule has 0 aromatic heterocycles. The molecule has 4 aliphatic rings. The van der Waals surface area contributed by atoms with Crippen molar-refractivity contribution >= 4 is 29.1 Å². The van der Waals surface area contributed by atoms with Crippen LogP contribution in [0.1, 0.15) is 48.9 Å². The number of urea groups is 1. The number of rotatable bonds is 3. The van der Waals surface area contributed by atoms with Gasteiger partial charge in [0.2, 0.25) is 5.78 Å². The number of hydrogen-bond acceptors (Lipinski definition) is 9. The van der Waals surface area contributed by atoms with Gasteiger partial charge in [0.1, 0.15) is 22.8 Å². The van der Waals surface area contributed by atoms with Crippen molar-refractivity contribution in [2.45, 2.75) is 45.3 Å². The van der Waals surface area contributed by atoms with Crippen molar-refractivity contribution in [3.05, 3.63) is 45.2 Å². The molecule has 1 saturated carbocycles. The van der Waals surface area contributed by atoms with Crippen molar-refractivity contribution < 1.29 is 44.3 Å². The van der Waals surface area contributed by atoms with E-state index in [1.807, 2.05) is 0 Å².